The van der Waals surface area contributed by atoms with Crippen molar-refractivity contribution in [1.82, 2.24) is 5.32 Å². The number of carboxylic acid groups (broad SMARTS) is 1. The lowest BCUT2D eigenvalue weighted by Gasteiger charge is -2.07. The molecule has 0 radical (unpaired) electrons. The Hall–Kier alpha value is -2.37. The van der Waals surface area contributed by atoms with Crippen LogP contribution in [0.2, 0.25) is 0 Å². The van der Waals surface area contributed by atoms with Crippen LogP contribution in [0.4, 0.5) is 5.69 Å². The first kappa shape index (κ1) is 24.7. The standard InChI is InChI=1S/C23H36N2O4/c1-2-3-4-5-6-7-8-9-10-11-12-13-21(26)25-20-16-14-19(15-17-20)23(29)24-18-22(27)28/h14-17H,2-13,18H2,1H3,(H,24,29)(H,25,26)(H,27,28). The Morgan fingerprint density at radius 3 is 1.83 bits per heavy atom. The van der Waals surface area contributed by atoms with Gasteiger partial charge in [-0.15, -0.1) is 0 Å². The fourth-order valence-electron chi connectivity index (χ4n) is 3.14. The molecule has 2 amide bonds. The van der Waals surface area contributed by atoms with Gasteiger partial charge in [0.1, 0.15) is 6.54 Å². The largest absolute Gasteiger partial charge is 0.480 e. The average molecular weight is 405 g/mol. The molecule has 6 heteroatoms. The summed E-state index contributed by atoms with van der Waals surface area (Å²) < 4.78 is 0. The smallest absolute Gasteiger partial charge is 0.322 e. The molecule has 0 aliphatic carbocycles. The van der Waals surface area contributed by atoms with Crippen molar-refractivity contribution in [2.45, 2.75) is 84.0 Å². The van der Waals surface area contributed by atoms with Gasteiger partial charge >= 0.3 is 5.97 Å². The maximum Gasteiger partial charge on any atom is 0.322 e. The van der Waals surface area contributed by atoms with E-state index >= 15 is 0 Å². The second kappa shape index (κ2) is 15.5. The number of nitrogens with one attached hydrogen (secondary N) is 2. The average Bonchev–Trinajstić information content (AvgIpc) is 2.70. The van der Waals surface area contributed by atoms with Crippen LogP contribution in [-0.4, -0.2) is 29.4 Å². The van der Waals surface area contributed by atoms with E-state index in [1.807, 2.05) is 0 Å². The van der Waals surface area contributed by atoms with Crippen LogP contribution in [0.25, 0.3) is 0 Å². The van der Waals surface area contributed by atoms with E-state index in [2.05, 4.69) is 17.6 Å². The molecule has 0 spiro atoms. The predicted octanol–water partition coefficient (Wildman–Crippen LogP) is 5.14. The fourth-order valence-corrected chi connectivity index (χ4v) is 3.14. The molecular formula is C23H36N2O4. The van der Waals surface area contributed by atoms with E-state index in [-0.39, 0.29) is 5.91 Å². The highest BCUT2D eigenvalue weighted by atomic mass is 16.4. The van der Waals surface area contributed by atoms with Crippen LogP contribution in [0.5, 0.6) is 0 Å². The second-order valence-electron chi connectivity index (χ2n) is 7.49. The molecule has 0 fully saturated rings. The molecule has 1 aromatic rings. The molecule has 1 rings (SSSR count). The maximum atomic E-state index is 12.0. The van der Waals surface area contributed by atoms with Crippen LogP contribution >= 0.6 is 0 Å². The number of carbonyl (C=O) groups excluding carboxylic acids is 2. The number of rotatable bonds is 16. The molecule has 0 saturated carbocycles. The molecule has 1 aromatic carbocycles. The van der Waals surface area contributed by atoms with Gasteiger partial charge in [0.05, 0.1) is 0 Å². The van der Waals surface area contributed by atoms with Crippen LogP contribution in [0.3, 0.4) is 0 Å². The third-order valence-corrected chi connectivity index (χ3v) is 4.84. The number of carboxylic acids is 1. The van der Waals surface area contributed by atoms with E-state index in [1.54, 1.807) is 24.3 Å². The molecular weight excluding hydrogens is 368 g/mol. The van der Waals surface area contributed by atoms with Gasteiger partial charge in [-0.1, -0.05) is 71.1 Å². The highest BCUT2D eigenvalue weighted by Crippen LogP contribution is 2.13. The van der Waals surface area contributed by atoms with E-state index in [0.717, 1.165) is 12.8 Å². The monoisotopic (exact) mass is 404 g/mol. The molecule has 0 aliphatic rings. The second-order valence-corrected chi connectivity index (χ2v) is 7.49. The van der Waals surface area contributed by atoms with Gasteiger partial charge in [0.15, 0.2) is 0 Å². The molecule has 0 atom stereocenters. The van der Waals surface area contributed by atoms with Crippen molar-refractivity contribution >= 4 is 23.5 Å². The quantitative estimate of drug-likeness (QED) is 0.332. The first-order valence-electron chi connectivity index (χ1n) is 10.9. The number of hydrogen-bond donors (Lipinski definition) is 3. The van der Waals surface area contributed by atoms with Gasteiger partial charge in [-0.2, -0.15) is 0 Å². The van der Waals surface area contributed by atoms with Crippen molar-refractivity contribution in [3.05, 3.63) is 29.8 Å². The highest BCUT2D eigenvalue weighted by Gasteiger charge is 2.08. The number of hydrogen-bond acceptors (Lipinski definition) is 3. The van der Waals surface area contributed by atoms with E-state index in [9.17, 15) is 14.4 Å². The van der Waals surface area contributed by atoms with E-state index in [4.69, 9.17) is 5.11 Å². The summed E-state index contributed by atoms with van der Waals surface area (Å²) in [7, 11) is 0. The van der Waals surface area contributed by atoms with Gasteiger partial charge in [0.25, 0.3) is 5.91 Å². The number of aliphatic carboxylic acids is 1. The van der Waals surface area contributed by atoms with Crippen molar-refractivity contribution in [3.63, 3.8) is 0 Å². The van der Waals surface area contributed by atoms with E-state index in [1.165, 1.54) is 57.8 Å². The van der Waals surface area contributed by atoms with Gasteiger partial charge in [0.2, 0.25) is 5.91 Å². The summed E-state index contributed by atoms with van der Waals surface area (Å²) >= 11 is 0. The van der Waals surface area contributed by atoms with Crippen LogP contribution in [0.1, 0.15) is 94.3 Å². The lowest BCUT2D eigenvalue weighted by atomic mass is 10.1. The molecule has 0 heterocycles. The van der Waals surface area contributed by atoms with Crippen LogP contribution in [-0.2, 0) is 9.59 Å². The first-order valence-corrected chi connectivity index (χ1v) is 10.9. The Balaban J connectivity index is 2.10. The first-order chi connectivity index (χ1) is 14.0. The maximum absolute atomic E-state index is 12.0. The van der Waals surface area contributed by atoms with Crippen LogP contribution in [0.15, 0.2) is 24.3 Å². The molecule has 0 unspecified atom stereocenters. The zero-order valence-corrected chi connectivity index (χ0v) is 17.7. The minimum atomic E-state index is -1.09. The van der Waals surface area contributed by atoms with Gasteiger partial charge < -0.3 is 15.7 Å². The third kappa shape index (κ3) is 12.7. The van der Waals surface area contributed by atoms with E-state index in [0.29, 0.717) is 17.7 Å². The minimum absolute atomic E-state index is 0.0241. The summed E-state index contributed by atoms with van der Waals surface area (Å²) in [6.45, 7) is 1.82. The number of anilines is 1. The van der Waals surface area contributed by atoms with Crippen molar-refractivity contribution in [3.8, 4) is 0 Å². The molecule has 0 saturated heterocycles. The van der Waals surface area contributed by atoms with Crippen molar-refractivity contribution < 1.29 is 19.5 Å². The predicted molar refractivity (Wildman–Crippen MR) is 116 cm³/mol. The lowest BCUT2D eigenvalue weighted by Crippen LogP contribution is -2.29. The minimum Gasteiger partial charge on any atom is -0.480 e. The summed E-state index contributed by atoms with van der Waals surface area (Å²) in [5.74, 6) is -1.57. The summed E-state index contributed by atoms with van der Waals surface area (Å²) in [5.41, 5.74) is 0.988. The van der Waals surface area contributed by atoms with Crippen molar-refractivity contribution in [2.75, 3.05) is 11.9 Å². The van der Waals surface area contributed by atoms with Crippen molar-refractivity contribution in [1.29, 1.82) is 0 Å². The Morgan fingerprint density at radius 1 is 0.793 bits per heavy atom. The van der Waals surface area contributed by atoms with Crippen LogP contribution in [0, 0.1) is 0 Å². The summed E-state index contributed by atoms with van der Waals surface area (Å²) in [5, 5.41) is 13.7. The Bertz CT molecular complexity index is 614. The molecule has 0 aromatic heterocycles. The van der Waals surface area contributed by atoms with Gasteiger partial charge in [0, 0.05) is 17.7 Å². The third-order valence-electron chi connectivity index (χ3n) is 4.84. The SMILES string of the molecule is CCCCCCCCCCCCCC(=O)Nc1ccc(C(=O)NCC(=O)O)cc1. The topological polar surface area (TPSA) is 95.5 Å². The summed E-state index contributed by atoms with van der Waals surface area (Å²) in [6.07, 6.45) is 14.2. The summed E-state index contributed by atoms with van der Waals surface area (Å²) in [4.78, 5) is 34.2. The molecule has 6 nitrogen and oxygen atoms in total. The zero-order chi connectivity index (χ0) is 21.3. The Kier molecular flexibility index (Phi) is 13.2. The van der Waals surface area contributed by atoms with Gasteiger partial charge in [-0.05, 0) is 30.7 Å². The number of benzene rings is 1. The normalized spacial score (nSPS) is 10.5. The van der Waals surface area contributed by atoms with Crippen molar-refractivity contribution in [2.24, 2.45) is 0 Å². The number of amides is 2. The highest BCUT2D eigenvalue weighted by molar-refractivity contribution is 5.97. The fraction of sp³-hybridized carbons (Fsp3) is 0.609. The molecule has 3 N–H and O–H groups in total. The van der Waals surface area contributed by atoms with Gasteiger partial charge in [-0.25, -0.2) is 0 Å². The molecule has 0 bridgehead atoms. The molecule has 0 aliphatic heterocycles. The van der Waals surface area contributed by atoms with E-state index < -0.39 is 18.4 Å². The Labute approximate surface area is 174 Å². The van der Waals surface area contributed by atoms with Crippen LogP contribution < -0.4 is 10.6 Å². The number of unbranched alkanes of at least 4 members (excludes halogenated alkanes) is 10. The molecule has 29 heavy (non-hydrogen) atoms. The van der Waals surface area contributed by atoms with Gasteiger partial charge in [-0.3, -0.25) is 14.4 Å². The molecule has 162 valence electrons. The number of carbonyl (C=O) groups is 3. The Morgan fingerprint density at radius 2 is 1.31 bits per heavy atom. The summed E-state index contributed by atoms with van der Waals surface area (Å²) in [6, 6.07) is 6.42. The lowest BCUT2D eigenvalue weighted by molar-refractivity contribution is -0.135. The zero-order valence-electron chi connectivity index (χ0n) is 17.7.